The Morgan fingerprint density at radius 1 is 1.20 bits per heavy atom. The number of allylic oxidation sites excluding steroid dienone is 2. The lowest BCUT2D eigenvalue weighted by Gasteiger charge is -2.28. The van der Waals surface area contributed by atoms with Crippen LogP contribution in [0.15, 0.2) is 36.4 Å². The summed E-state index contributed by atoms with van der Waals surface area (Å²) in [6.07, 6.45) is 4.32. The molecule has 5 heteroatoms. The summed E-state index contributed by atoms with van der Waals surface area (Å²) in [5.41, 5.74) is 0.534. The van der Waals surface area contributed by atoms with Crippen LogP contribution in [0.2, 0.25) is 0 Å². The van der Waals surface area contributed by atoms with Gasteiger partial charge in [0, 0.05) is 11.9 Å². The summed E-state index contributed by atoms with van der Waals surface area (Å²) >= 11 is 0. The topological polar surface area (TPSA) is 78.5 Å². The number of carbonyl (C=O) groups excluding carboxylic acids is 2. The van der Waals surface area contributed by atoms with Crippen molar-refractivity contribution in [3.8, 4) is 5.75 Å². The van der Waals surface area contributed by atoms with Crippen LogP contribution in [-0.4, -0.2) is 19.0 Å². The molecule has 5 nitrogen and oxygen atoms in total. The Kier molecular flexibility index (Phi) is 4.40. The van der Waals surface area contributed by atoms with Crippen LogP contribution in [0.3, 0.4) is 0 Å². The summed E-state index contributed by atoms with van der Waals surface area (Å²) in [5, 5.41) is 13.8. The summed E-state index contributed by atoms with van der Waals surface area (Å²) in [6.45, 7) is 0. The SMILES string of the molecule is COc1ccccc1NC(=O)[C@H]1CC=CC[C@H]1C(=O)[O-]. The smallest absolute Gasteiger partial charge is 0.228 e. The van der Waals surface area contributed by atoms with E-state index >= 15 is 0 Å². The highest BCUT2D eigenvalue weighted by atomic mass is 16.5. The number of carbonyl (C=O) groups is 2. The Morgan fingerprint density at radius 3 is 2.50 bits per heavy atom. The van der Waals surface area contributed by atoms with E-state index in [0.29, 0.717) is 24.3 Å². The van der Waals surface area contributed by atoms with E-state index in [1.807, 2.05) is 6.08 Å². The second-order valence-electron chi connectivity index (χ2n) is 4.66. The highest BCUT2D eigenvalue weighted by molar-refractivity contribution is 5.96. The second kappa shape index (κ2) is 6.23. The normalized spacial score (nSPS) is 21.2. The number of carboxylic acid groups (broad SMARTS) is 1. The van der Waals surface area contributed by atoms with Gasteiger partial charge in [0.15, 0.2) is 0 Å². The Morgan fingerprint density at radius 2 is 1.85 bits per heavy atom. The second-order valence-corrected chi connectivity index (χ2v) is 4.66. The van der Waals surface area contributed by atoms with Gasteiger partial charge in [0.1, 0.15) is 5.75 Å². The molecule has 1 N–H and O–H groups in total. The number of aliphatic carboxylic acids is 1. The molecule has 1 amide bonds. The summed E-state index contributed by atoms with van der Waals surface area (Å²) < 4.78 is 5.15. The van der Waals surface area contributed by atoms with Crippen molar-refractivity contribution in [1.29, 1.82) is 0 Å². The molecule has 0 bridgehead atoms. The summed E-state index contributed by atoms with van der Waals surface area (Å²) in [5.74, 6) is -2.37. The van der Waals surface area contributed by atoms with Crippen molar-refractivity contribution in [3.05, 3.63) is 36.4 Å². The number of hydrogen-bond donors (Lipinski definition) is 1. The zero-order valence-corrected chi connectivity index (χ0v) is 11.2. The van der Waals surface area contributed by atoms with Gasteiger partial charge in [-0.15, -0.1) is 0 Å². The number of ether oxygens (including phenoxy) is 1. The predicted molar refractivity (Wildman–Crippen MR) is 72.0 cm³/mol. The maximum Gasteiger partial charge on any atom is 0.228 e. The number of amides is 1. The summed E-state index contributed by atoms with van der Waals surface area (Å²) in [6, 6.07) is 7.01. The maximum absolute atomic E-state index is 12.3. The molecule has 0 fully saturated rings. The number of rotatable bonds is 4. The number of benzene rings is 1. The Hall–Kier alpha value is -2.30. The van der Waals surface area contributed by atoms with Crippen molar-refractivity contribution in [2.45, 2.75) is 12.8 Å². The van der Waals surface area contributed by atoms with Crippen molar-refractivity contribution in [3.63, 3.8) is 0 Å². The number of carboxylic acids is 1. The van der Waals surface area contributed by atoms with E-state index in [9.17, 15) is 14.7 Å². The molecular weight excluding hydrogens is 258 g/mol. The number of anilines is 1. The van der Waals surface area contributed by atoms with E-state index in [1.54, 1.807) is 30.3 Å². The van der Waals surface area contributed by atoms with Crippen LogP contribution >= 0.6 is 0 Å². The van der Waals surface area contributed by atoms with Gasteiger partial charge in [-0.25, -0.2) is 0 Å². The molecule has 1 aliphatic carbocycles. The molecule has 0 radical (unpaired) electrons. The molecule has 1 aliphatic rings. The van der Waals surface area contributed by atoms with Crippen LogP contribution in [0.1, 0.15) is 12.8 Å². The third kappa shape index (κ3) is 2.99. The lowest BCUT2D eigenvalue weighted by atomic mass is 9.82. The number of nitrogens with one attached hydrogen (secondary N) is 1. The molecule has 20 heavy (non-hydrogen) atoms. The van der Waals surface area contributed by atoms with Gasteiger partial charge in [-0.2, -0.15) is 0 Å². The molecule has 106 valence electrons. The zero-order valence-electron chi connectivity index (χ0n) is 11.2. The molecular formula is C15H16NO4-. The largest absolute Gasteiger partial charge is 0.550 e. The van der Waals surface area contributed by atoms with Gasteiger partial charge in [0.05, 0.1) is 18.7 Å². The Labute approximate surface area is 117 Å². The highest BCUT2D eigenvalue weighted by Gasteiger charge is 2.30. The van der Waals surface area contributed by atoms with Crippen molar-refractivity contribution < 1.29 is 19.4 Å². The minimum absolute atomic E-state index is 0.326. The van der Waals surface area contributed by atoms with Gasteiger partial charge in [0.2, 0.25) is 5.91 Å². The molecule has 0 heterocycles. The molecule has 0 saturated heterocycles. The van der Waals surface area contributed by atoms with Crippen molar-refractivity contribution >= 4 is 17.6 Å². The average Bonchev–Trinajstić information content (AvgIpc) is 2.47. The number of hydrogen-bond acceptors (Lipinski definition) is 4. The maximum atomic E-state index is 12.3. The lowest BCUT2D eigenvalue weighted by Crippen LogP contribution is -2.41. The lowest BCUT2D eigenvalue weighted by molar-refractivity contribution is -0.313. The van der Waals surface area contributed by atoms with Crippen LogP contribution in [0.25, 0.3) is 0 Å². The molecule has 2 rings (SSSR count). The van der Waals surface area contributed by atoms with E-state index in [-0.39, 0.29) is 5.91 Å². The first kappa shape index (κ1) is 14.1. The van der Waals surface area contributed by atoms with Gasteiger partial charge < -0.3 is 20.0 Å². The predicted octanol–water partition coefficient (Wildman–Crippen LogP) is 0.966. The monoisotopic (exact) mass is 274 g/mol. The van der Waals surface area contributed by atoms with Gasteiger partial charge >= 0.3 is 0 Å². The van der Waals surface area contributed by atoms with Crippen LogP contribution in [-0.2, 0) is 9.59 Å². The molecule has 1 aromatic carbocycles. The number of para-hydroxylation sites is 2. The van der Waals surface area contributed by atoms with Crippen molar-refractivity contribution in [1.82, 2.24) is 0 Å². The fraction of sp³-hybridized carbons (Fsp3) is 0.333. The first-order valence-corrected chi connectivity index (χ1v) is 6.43. The first-order valence-electron chi connectivity index (χ1n) is 6.43. The molecule has 0 aliphatic heterocycles. The summed E-state index contributed by atoms with van der Waals surface area (Å²) in [4.78, 5) is 23.4. The standard InChI is InChI=1S/C15H17NO4/c1-20-13-9-5-4-8-12(13)16-14(17)10-6-2-3-7-11(10)15(18)19/h2-5,8-11H,6-7H2,1H3,(H,16,17)(H,18,19)/p-1/t10-,11+/m0/s1. The molecule has 0 unspecified atom stereocenters. The quantitative estimate of drug-likeness (QED) is 0.830. The number of methoxy groups -OCH3 is 1. The minimum Gasteiger partial charge on any atom is -0.550 e. The third-order valence-corrected chi connectivity index (χ3v) is 3.44. The van der Waals surface area contributed by atoms with Crippen LogP contribution < -0.4 is 15.2 Å². The highest BCUT2D eigenvalue weighted by Crippen LogP contribution is 2.29. The van der Waals surface area contributed by atoms with Crippen molar-refractivity contribution in [2.75, 3.05) is 12.4 Å². The summed E-state index contributed by atoms with van der Waals surface area (Å²) in [7, 11) is 1.51. The third-order valence-electron chi connectivity index (χ3n) is 3.44. The molecule has 2 atom stereocenters. The minimum atomic E-state index is -1.19. The average molecular weight is 274 g/mol. The molecule has 0 saturated carbocycles. The van der Waals surface area contributed by atoms with Gasteiger partial charge in [-0.1, -0.05) is 24.3 Å². The molecule has 1 aromatic rings. The van der Waals surface area contributed by atoms with E-state index in [2.05, 4.69) is 5.32 Å². The fourth-order valence-corrected chi connectivity index (χ4v) is 2.34. The van der Waals surface area contributed by atoms with Crippen molar-refractivity contribution in [2.24, 2.45) is 11.8 Å². The van der Waals surface area contributed by atoms with E-state index in [0.717, 1.165) is 0 Å². The molecule has 0 spiro atoms. The first-order chi connectivity index (χ1) is 9.63. The van der Waals surface area contributed by atoms with Crippen LogP contribution in [0.5, 0.6) is 5.75 Å². The molecule has 0 aromatic heterocycles. The Bertz CT molecular complexity index is 538. The van der Waals surface area contributed by atoms with Gasteiger partial charge in [0.25, 0.3) is 0 Å². The fourth-order valence-electron chi connectivity index (χ4n) is 2.34. The van der Waals surface area contributed by atoms with E-state index in [4.69, 9.17) is 4.74 Å². The van der Waals surface area contributed by atoms with Gasteiger partial charge in [-0.3, -0.25) is 4.79 Å². The Balaban J connectivity index is 2.14. The van der Waals surface area contributed by atoms with Gasteiger partial charge in [-0.05, 0) is 25.0 Å². The zero-order chi connectivity index (χ0) is 14.5. The van der Waals surface area contributed by atoms with E-state index < -0.39 is 17.8 Å². The van der Waals surface area contributed by atoms with E-state index in [1.165, 1.54) is 7.11 Å². The van der Waals surface area contributed by atoms with Crippen LogP contribution in [0, 0.1) is 11.8 Å². The van der Waals surface area contributed by atoms with Crippen LogP contribution in [0.4, 0.5) is 5.69 Å².